The lowest BCUT2D eigenvalue weighted by Crippen LogP contribution is -2.26. The molecule has 0 aliphatic rings. The SMILES string of the molecule is CN(C(=O)CCc1nc(-c2ccc(Cl)cc2)no1)c1nc2ccccc2s1. The molecule has 0 aliphatic carbocycles. The van der Waals surface area contributed by atoms with Gasteiger partial charge >= 0.3 is 0 Å². The Morgan fingerprint density at radius 1 is 1.15 bits per heavy atom. The zero-order chi connectivity index (χ0) is 18.8. The monoisotopic (exact) mass is 398 g/mol. The Hall–Kier alpha value is -2.77. The smallest absolute Gasteiger partial charge is 0.229 e. The Morgan fingerprint density at radius 3 is 2.70 bits per heavy atom. The zero-order valence-corrected chi connectivity index (χ0v) is 16.0. The maximum Gasteiger partial charge on any atom is 0.229 e. The summed E-state index contributed by atoms with van der Waals surface area (Å²) in [7, 11) is 1.73. The first kappa shape index (κ1) is 17.6. The maximum atomic E-state index is 12.5. The molecule has 8 heteroatoms. The van der Waals surface area contributed by atoms with Gasteiger partial charge in [0.25, 0.3) is 0 Å². The van der Waals surface area contributed by atoms with E-state index >= 15 is 0 Å². The highest BCUT2D eigenvalue weighted by Gasteiger charge is 2.17. The van der Waals surface area contributed by atoms with E-state index in [1.54, 1.807) is 24.1 Å². The Balaban J connectivity index is 1.41. The van der Waals surface area contributed by atoms with Crippen molar-refractivity contribution < 1.29 is 9.32 Å². The molecule has 0 saturated heterocycles. The highest BCUT2D eigenvalue weighted by Crippen LogP contribution is 2.28. The predicted octanol–water partition coefficient (Wildman–Crippen LogP) is 4.60. The molecule has 136 valence electrons. The summed E-state index contributed by atoms with van der Waals surface area (Å²) in [5.74, 6) is 0.847. The lowest BCUT2D eigenvalue weighted by molar-refractivity contribution is -0.118. The van der Waals surface area contributed by atoms with Crippen molar-refractivity contribution in [1.82, 2.24) is 15.1 Å². The van der Waals surface area contributed by atoms with Gasteiger partial charge in [0.2, 0.25) is 17.6 Å². The molecular formula is C19H15ClN4O2S. The van der Waals surface area contributed by atoms with Gasteiger partial charge in [0.1, 0.15) is 0 Å². The standard InChI is InChI=1S/C19H15ClN4O2S/c1-24(19-21-14-4-2-3-5-15(14)27-19)17(25)11-10-16-22-18(23-26-16)12-6-8-13(20)9-7-12/h2-9H,10-11H2,1H3. The quantitative estimate of drug-likeness (QED) is 0.491. The lowest BCUT2D eigenvalue weighted by Gasteiger charge is -2.12. The summed E-state index contributed by atoms with van der Waals surface area (Å²) in [6.45, 7) is 0. The van der Waals surface area contributed by atoms with E-state index in [0.29, 0.717) is 28.3 Å². The van der Waals surface area contributed by atoms with E-state index < -0.39 is 0 Å². The second-order valence-electron chi connectivity index (χ2n) is 5.94. The Morgan fingerprint density at radius 2 is 1.93 bits per heavy atom. The van der Waals surface area contributed by atoms with Crippen LogP contribution in [0.15, 0.2) is 53.1 Å². The number of amides is 1. The van der Waals surface area contributed by atoms with Crippen LogP contribution in [0.5, 0.6) is 0 Å². The van der Waals surface area contributed by atoms with E-state index in [1.165, 1.54) is 11.3 Å². The first-order valence-corrected chi connectivity index (χ1v) is 9.50. The number of nitrogens with zero attached hydrogens (tertiary/aromatic N) is 4. The fourth-order valence-electron chi connectivity index (χ4n) is 2.56. The van der Waals surface area contributed by atoms with Crippen LogP contribution in [0.2, 0.25) is 5.02 Å². The summed E-state index contributed by atoms with van der Waals surface area (Å²) < 4.78 is 6.31. The summed E-state index contributed by atoms with van der Waals surface area (Å²) in [4.78, 5) is 22.9. The van der Waals surface area contributed by atoms with E-state index in [9.17, 15) is 4.79 Å². The summed E-state index contributed by atoms with van der Waals surface area (Å²) in [6, 6.07) is 15.0. The average Bonchev–Trinajstić information content (AvgIpc) is 3.33. The van der Waals surface area contributed by atoms with Gasteiger partial charge in [0, 0.05) is 30.5 Å². The Kier molecular flexibility index (Phi) is 4.87. The second-order valence-corrected chi connectivity index (χ2v) is 7.38. The summed E-state index contributed by atoms with van der Waals surface area (Å²) >= 11 is 7.37. The number of benzene rings is 2. The predicted molar refractivity (Wildman–Crippen MR) is 106 cm³/mol. The lowest BCUT2D eigenvalue weighted by atomic mass is 10.2. The number of fused-ring (bicyclic) bond motifs is 1. The number of rotatable bonds is 5. The van der Waals surface area contributed by atoms with Gasteiger partial charge in [0.05, 0.1) is 10.2 Å². The molecule has 0 fully saturated rings. The molecule has 2 heterocycles. The number of hydrogen-bond acceptors (Lipinski definition) is 6. The van der Waals surface area contributed by atoms with Gasteiger partial charge in [0.15, 0.2) is 5.13 Å². The van der Waals surface area contributed by atoms with Crippen molar-refractivity contribution in [3.05, 3.63) is 59.4 Å². The molecule has 0 atom stereocenters. The fraction of sp³-hybridized carbons (Fsp3) is 0.158. The van der Waals surface area contributed by atoms with Crippen LogP contribution in [-0.2, 0) is 11.2 Å². The third-order valence-electron chi connectivity index (χ3n) is 4.07. The summed E-state index contributed by atoms with van der Waals surface area (Å²) in [5.41, 5.74) is 1.70. The van der Waals surface area contributed by atoms with E-state index in [0.717, 1.165) is 15.8 Å². The molecule has 6 nitrogen and oxygen atoms in total. The number of hydrogen-bond donors (Lipinski definition) is 0. The van der Waals surface area contributed by atoms with E-state index in [1.807, 2.05) is 36.4 Å². The minimum Gasteiger partial charge on any atom is -0.339 e. The van der Waals surface area contributed by atoms with Crippen molar-refractivity contribution in [2.24, 2.45) is 0 Å². The fourth-order valence-corrected chi connectivity index (χ4v) is 3.63. The summed E-state index contributed by atoms with van der Waals surface area (Å²) in [5, 5.41) is 5.28. The average molecular weight is 399 g/mol. The van der Waals surface area contributed by atoms with Crippen molar-refractivity contribution in [3.63, 3.8) is 0 Å². The minimum absolute atomic E-state index is 0.0553. The van der Waals surface area contributed by atoms with Gasteiger partial charge in [-0.1, -0.05) is 40.2 Å². The maximum absolute atomic E-state index is 12.5. The molecule has 0 unspecified atom stereocenters. The van der Waals surface area contributed by atoms with Crippen LogP contribution in [0.25, 0.3) is 21.6 Å². The molecule has 2 aromatic carbocycles. The molecule has 4 aromatic rings. The number of carbonyl (C=O) groups is 1. The molecule has 0 spiro atoms. The van der Waals surface area contributed by atoms with Gasteiger partial charge in [-0.3, -0.25) is 9.69 Å². The molecule has 0 aliphatic heterocycles. The van der Waals surface area contributed by atoms with Crippen LogP contribution in [0.3, 0.4) is 0 Å². The van der Waals surface area contributed by atoms with Crippen LogP contribution in [0.1, 0.15) is 12.3 Å². The Labute approximate surface area is 164 Å². The van der Waals surface area contributed by atoms with Crippen molar-refractivity contribution in [1.29, 1.82) is 0 Å². The number of aryl methyl sites for hydroxylation is 1. The number of anilines is 1. The van der Waals surface area contributed by atoms with Crippen LogP contribution in [-0.4, -0.2) is 28.1 Å². The van der Waals surface area contributed by atoms with E-state index in [-0.39, 0.29) is 12.3 Å². The van der Waals surface area contributed by atoms with E-state index in [2.05, 4.69) is 15.1 Å². The van der Waals surface area contributed by atoms with Crippen LogP contribution >= 0.6 is 22.9 Å². The number of aromatic nitrogens is 3. The molecule has 0 N–H and O–H groups in total. The van der Waals surface area contributed by atoms with Crippen molar-refractivity contribution in [2.75, 3.05) is 11.9 Å². The first-order valence-electron chi connectivity index (χ1n) is 8.31. The van der Waals surface area contributed by atoms with Crippen molar-refractivity contribution in [3.8, 4) is 11.4 Å². The van der Waals surface area contributed by atoms with Gasteiger partial charge < -0.3 is 4.52 Å². The normalized spacial score (nSPS) is 11.0. The van der Waals surface area contributed by atoms with Crippen LogP contribution < -0.4 is 4.90 Å². The topological polar surface area (TPSA) is 72.1 Å². The molecule has 1 amide bonds. The zero-order valence-electron chi connectivity index (χ0n) is 14.4. The molecular weight excluding hydrogens is 384 g/mol. The molecule has 0 saturated carbocycles. The van der Waals surface area contributed by atoms with Gasteiger partial charge in [-0.15, -0.1) is 0 Å². The molecule has 27 heavy (non-hydrogen) atoms. The molecule has 0 radical (unpaired) electrons. The molecule has 4 rings (SSSR count). The van der Waals surface area contributed by atoms with Crippen molar-refractivity contribution in [2.45, 2.75) is 12.8 Å². The third-order valence-corrected chi connectivity index (χ3v) is 5.43. The number of para-hydroxylation sites is 1. The van der Waals surface area contributed by atoms with E-state index in [4.69, 9.17) is 16.1 Å². The molecule has 0 bridgehead atoms. The van der Waals surface area contributed by atoms with Gasteiger partial charge in [-0.25, -0.2) is 4.98 Å². The summed E-state index contributed by atoms with van der Waals surface area (Å²) in [6.07, 6.45) is 0.628. The second kappa shape index (κ2) is 7.46. The Bertz CT molecular complexity index is 1060. The molecule has 2 aromatic heterocycles. The van der Waals surface area contributed by atoms with Crippen molar-refractivity contribution >= 4 is 44.2 Å². The highest BCUT2D eigenvalue weighted by molar-refractivity contribution is 7.22. The van der Waals surface area contributed by atoms with Gasteiger partial charge in [-0.05, 0) is 36.4 Å². The number of halogens is 1. The number of carbonyl (C=O) groups excluding carboxylic acids is 1. The highest BCUT2D eigenvalue weighted by atomic mass is 35.5. The van der Waals surface area contributed by atoms with Crippen LogP contribution in [0, 0.1) is 0 Å². The third kappa shape index (κ3) is 3.84. The number of thiazole rings is 1. The van der Waals surface area contributed by atoms with Crippen LogP contribution in [0.4, 0.5) is 5.13 Å². The largest absolute Gasteiger partial charge is 0.339 e. The minimum atomic E-state index is -0.0553. The first-order chi connectivity index (χ1) is 13.1. The van der Waals surface area contributed by atoms with Gasteiger partial charge in [-0.2, -0.15) is 4.98 Å².